The Morgan fingerprint density at radius 1 is 1.16 bits per heavy atom. The maximum absolute atomic E-state index is 13.6. The molecule has 0 aliphatic heterocycles. The lowest BCUT2D eigenvalue weighted by molar-refractivity contribution is -0.136. The number of fused-ring (bicyclic) bond motifs is 1. The topological polar surface area (TPSA) is 108 Å². The minimum Gasteiger partial charge on any atom is -0.493 e. The lowest BCUT2D eigenvalue weighted by Crippen LogP contribution is -2.46. The van der Waals surface area contributed by atoms with E-state index in [1.165, 1.54) is 12.7 Å². The number of hydrogen-bond donors (Lipinski definition) is 1. The average Bonchev–Trinajstić information content (AvgIpc) is 3.21. The SMILES string of the molecule is COc1ccc(CN(C(=O)Cn2cnc3c(N)ncnc32)C2CCCCC2C)cc1OC. The molecule has 4 rings (SSSR count). The van der Waals surface area contributed by atoms with Crippen molar-refractivity contribution in [1.29, 1.82) is 0 Å². The van der Waals surface area contributed by atoms with Gasteiger partial charge in [0.05, 0.1) is 20.5 Å². The molecule has 0 radical (unpaired) electrons. The summed E-state index contributed by atoms with van der Waals surface area (Å²) in [6.07, 6.45) is 7.45. The third kappa shape index (κ3) is 4.32. The lowest BCUT2D eigenvalue weighted by Gasteiger charge is -2.39. The molecule has 1 saturated carbocycles. The Bertz CT molecular complexity index is 1100. The van der Waals surface area contributed by atoms with E-state index >= 15 is 0 Å². The monoisotopic (exact) mass is 438 g/mol. The second kappa shape index (κ2) is 9.42. The van der Waals surface area contributed by atoms with Crippen molar-refractivity contribution < 1.29 is 14.3 Å². The number of ether oxygens (including phenoxy) is 2. The summed E-state index contributed by atoms with van der Waals surface area (Å²) in [4.78, 5) is 28.2. The van der Waals surface area contributed by atoms with Crippen LogP contribution in [0.15, 0.2) is 30.9 Å². The van der Waals surface area contributed by atoms with E-state index in [0.29, 0.717) is 40.9 Å². The Balaban J connectivity index is 1.63. The van der Waals surface area contributed by atoms with Crippen molar-refractivity contribution >= 4 is 22.9 Å². The molecule has 3 aromatic rings. The Morgan fingerprint density at radius 2 is 1.94 bits per heavy atom. The quantitative estimate of drug-likeness (QED) is 0.604. The van der Waals surface area contributed by atoms with Gasteiger partial charge in [-0.05, 0) is 36.5 Å². The zero-order valence-electron chi connectivity index (χ0n) is 18.8. The average molecular weight is 439 g/mol. The van der Waals surface area contributed by atoms with Gasteiger partial charge in [0.15, 0.2) is 23.0 Å². The first-order chi connectivity index (χ1) is 15.5. The van der Waals surface area contributed by atoms with Gasteiger partial charge in [-0.3, -0.25) is 4.79 Å². The number of benzene rings is 1. The van der Waals surface area contributed by atoms with Gasteiger partial charge in [-0.1, -0.05) is 25.8 Å². The highest BCUT2D eigenvalue weighted by atomic mass is 16.5. The highest BCUT2D eigenvalue weighted by Gasteiger charge is 2.31. The van der Waals surface area contributed by atoms with Crippen LogP contribution in [0.4, 0.5) is 5.82 Å². The summed E-state index contributed by atoms with van der Waals surface area (Å²) in [5.41, 5.74) is 7.98. The molecule has 2 N–H and O–H groups in total. The second-order valence-corrected chi connectivity index (χ2v) is 8.34. The summed E-state index contributed by atoms with van der Waals surface area (Å²) in [6.45, 7) is 2.88. The molecule has 1 amide bonds. The minimum atomic E-state index is 0.0232. The van der Waals surface area contributed by atoms with E-state index in [2.05, 4.69) is 21.9 Å². The highest BCUT2D eigenvalue weighted by molar-refractivity contribution is 5.83. The number of anilines is 1. The summed E-state index contributed by atoms with van der Waals surface area (Å²) < 4.78 is 12.6. The molecule has 0 spiro atoms. The minimum absolute atomic E-state index is 0.0232. The van der Waals surface area contributed by atoms with Gasteiger partial charge in [0, 0.05) is 12.6 Å². The first-order valence-electron chi connectivity index (χ1n) is 10.9. The number of methoxy groups -OCH3 is 2. The van der Waals surface area contributed by atoms with Crippen molar-refractivity contribution in [2.45, 2.75) is 51.7 Å². The van der Waals surface area contributed by atoms with Crippen LogP contribution >= 0.6 is 0 Å². The molecule has 32 heavy (non-hydrogen) atoms. The molecule has 2 aromatic heterocycles. The summed E-state index contributed by atoms with van der Waals surface area (Å²) >= 11 is 0. The van der Waals surface area contributed by atoms with Crippen LogP contribution in [0.3, 0.4) is 0 Å². The predicted octanol–water partition coefficient (Wildman–Crippen LogP) is 3.03. The number of nitrogens with two attached hydrogens (primary N) is 1. The van der Waals surface area contributed by atoms with Gasteiger partial charge in [0.1, 0.15) is 18.4 Å². The van der Waals surface area contributed by atoms with Gasteiger partial charge in [0.25, 0.3) is 0 Å². The number of nitrogen functional groups attached to an aromatic ring is 1. The molecule has 170 valence electrons. The molecule has 1 aliphatic rings. The number of hydrogen-bond acceptors (Lipinski definition) is 7. The van der Waals surface area contributed by atoms with Gasteiger partial charge < -0.3 is 24.7 Å². The van der Waals surface area contributed by atoms with E-state index in [4.69, 9.17) is 15.2 Å². The molecular weight excluding hydrogens is 408 g/mol. The molecule has 0 saturated heterocycles. The molecule has 0 bridgehead atoms. The molecule has 9 heteroatoms. The zero-order chi connectivity index (χ0) is 22.7. The van der Waals surface area contributed by atoms with Crippen molar-refractivity contribution in [3.63, 3.8) is 0 Å². The maximum atomic E-state index is 13.6. The van der Waals surface area contributed by atoms with E-state index in [9.17, 15) is 4.79 Å². The number of carbonyl (C=O) groups excluding carboxylic acids is 1. The van der Waals surface area contributed by atoms with Crippen LogP contribution in [-0.2, 0) is 17.9 Å². The summed E-state index contributed by atoms with van der Waals surface area (Å²) in [5.74, 6) is 2.09. The second-order valence-electron chi connectivity index (χ2n) is 8.34. The molecular formula is C23H30N6O3. The summed E-state index contributed by atoms with van der Waals surface area (Å²) in [5, 5.41) is 0. The largest absolute Gasteiger partial charge is 0.493 e. The first kappa shape index (κ1) is 21.9. The van der Waals surface area contributed by atoms with Crippen molar-refractivity contribution in [2.75, 3.05) is 20.0 Å². The fourth-order valence-electron chi connectivity index (χ4n) is 4.58. The van der Waals surface area contributed by atoms with Crippen LogP contribution in [0.1, 0.15) is 38.2 Å². The maximum Gasteiger partial charge on any atom is 0.243 e. The van der Waals surface area contributed by atoms with Crippen LogP contribution in [0, 0.1) is 5.92 Å². The van der Waals surface area contributed by atoms with Gasteiger partial charge in [-0.25, -0.2) is 15.0 Å². The fourth-order valence-corrected chi connectivity index (χ4v) is 4.58. The van der Waals surface area contributed by atoms with Gasteiger partial charge in [-0.2, -0.15) is 0 Å². The normalized spacial score (nSPS) is 18.5. The van der Waals surface area contributed by atoms with E-state index in [0.717, 1.165) is 24.8 Å². The molecule has 9 nitrogen and oxygen atoms in total. The number of amides is 1. The molecule has 2 unspecified atom stereocenters. The number of aromatic nitrogens is 4. The van der Waals surface area contributed by atoms with Gasteiger partial charge >= 0.3 is 0 Å². The summed E-state index contributed by atoms with van der Waals surface area (Å²) in [7, 11) is 3.23. The van der Waals surface area contributed by atoms with E-state index < -0.39 is 0 Å². The van der Waals surface area contributed by atoms with Crippen molar-refractivity contribution in [2.24, 2.45) is 5.92 Å². The fraction of sp³-hybridized carbons (Fsp3) is 0.478. The number of carbonyl (C=O) groups is 1. The first-order valence-corrected chi connectivity index (χ1v) is 10.9. The van der Waals surface area contributed by atoms with Crippen LogP contribution in [0.2, 0.25) is 0 Å². The zero-order valence-corrected chi connectivity index (χ0v) is 18.8. The van der Waals surface area contributed by atoms with Crippen molar-refractivity contribution in [1.82, 2.24) is 24.4 Å². The molecule has 2 atom stereocenters. The number of nitrogens with zero attached hydrogens (tertiary/aromatic N) is 5. The van der Waals surface area contributed by atoms with Gasteiger partial charge in [-0.15, -0.1) is 0 Å². The standard InChI is InChI=1S/C23H30N6O3/c1-15-6-4-5-7-17(15)29(11-16-8-9-18(31-2)19(10-16)32-3)20(30)12-28-14-27-21-22(24)25-13-26-23(21)28/h8-10,13-15,17H,4-7,11-12H2,1-3H3,(H2,24,25,26). The number of imidazole rings is 1. The molecule has 1 aromatic carbocycles. The molecule has 1 aliphatic carbocycles. The summed E-state index contributed by atoms with van der Waals surface area (Å²) in [6, 6.07) is 5.98. The van der Waals surface area contributed by atoms with Gasteiger partial charge in [0.2, 0.25) is 5.91 Å². The predicted molar refractivity (Wildman–Crippen MR) is 121 cm³/mol. The van der Waals surface area contributed by atoms with E-state index in [1.807, 2.05) is 23.1 Å². The lowest BCUT2D eigenvalue weighted by atomic mass is 9.84. The Hall–Kier alpha value is -3.36. The van der Waals surface area contributed by atoms with Crippen LogP contribution in [0.5, 0.6) is 11.5 Å². The third-order valence-corrected chi connectivity index (χ3v) is 6.32. The number of rotatable bonds is 7. The van der Waals surface area contributed by atoms with E-state index in [-0.39, 0.29) is 18.5 Å². The highest BCUT2D eigenvalue weighted by Crippen LogP contribution is 2.32. The smallest absolute Gasteiger partial charge is 0.243 e. The molecule has 2 heterocycles. The van der Waals surface area contributed by atoms with Crippen LogP contribution in [0.25, 0.3) is 11.2 Å². The van der Waals surface area contributed by atoms with Crippen molar-refractivity contribution in [3.8, 4) is 11.5 Å². The Morgan fingerprint density at radius 3 is 2.69 bits per heavy atom. The Kier molecular flexibility index (Phi) is 6.43. The Labute approximate surface area is 187 Å². The van der Waals surface area contributed by atoms with E-state index in [1.54, 1.807) is 25.1 Å². The third-order valence-electron chi connectivity index (χ3n) is 6.32. The van der Waals surface area contributed by atoms with Crippen LogP contribution in [-0.4, -0.2) is 50.6 Å². The molecule has 1 fully saturated rings. The van der Waals surface area contributed by atoms with Crippen LogP contribution < -0.4 is 15.2 Å². The van der Waals surface area contributed by atoms with Crippen molar-refractivity contribution in [3.05, 3.63) is 36.4 Å².